The van der Waals surface area contributed by atoms with Gasteiger partial charge in [-0.25, -0.2) is 24.3 Å². The number of aliphatic hydroxyl groups is 1. The maximum absolute atomic E-state index is 7.88. The summed E-state index contributed by atoms with van der Waals surface area (Å²) in [7, 11) is 0. The minimum absolute atomic E-state index is 0. The molecule has 3 heteroatoms. The molecule has 0 unspecified atom stereocenters. The average molecular weight is 334 g/mol. The zero-order valence-corrected chi connectivity index (χ0v) is 14.7. The molecule has 114 valence electrons. The summed E-state index contributed by atoms with van der Waals surface area (Å²) >= 11 is 1.91. The molecule has 0 saturated heterocycles. The van der Waals surface area contributed by atoms with Crippen molar-refractivity contribution in [3.05, 3.63) is 54.6 Å². The molecule has 0 fully saturated rings. The third kappa shape index (κ3) is 15.6. The molecular weight excluding hydrogens is 308 g/mol. The van der Waals surface area contributed by atoms with E-state index in [4.69, 9.17) is 5.11 Å². The molecule has 1 N–H and O–H groups in total. The Hall–Kier alpha value is -0.471. The molecule has 0 heterocycles. The third-order valence-electron chi connectivity index (χ3n) is 1.84. The second-order valence-electron chi connectivity index (χ2n) is 5.02. The smallest absolute Gasteiger partial charge is 0.396 e. The van der Waals surface area contributed by atoms with E-state index in [1.165, 1.54) is 4.90 Å². The minimum Gasteiger partial charge on any atom is -0.396 e. The maximum Gasteiger partial charge on any atom is 2.00 e. The van der Waals surface area contributed by atoms with Crippen molar-refractivity contribution >= 4 is 11.8 Å². The van der Waals surface area contributed by atoms with Crippen LogP contribution in [0.5, 0.6) is 0 Å². The van der Waals surface area contributed by atoms with Crippen LogP contribution in [0.15, 0.2) is 59.5 Å². The Balaban J connectivity index is 0. The number of hydrogen-bond donors (Lipinski definition) is 1. The molecular formula is C17H26FeOS. The summed E-state index contributed by atoms with van der Waals surface area (Å²) in [5.41, 5.74) is 0. The van der Waals surface area contributed by atoms with Crippen molar-refractivity contribution in [1.82, 2.24) is 0 Å². The van der Waals surface area contributed by atoms with Gasteiger partial charge >= 0.3 is 17.1 Å². The van der Waals surface area contributed by atoms with Gasteiger partial charge in [-0.05, 0) is 6.42 Å². The first-order valence-corrected chi connectivity index (χ1v) is 7.49. The van der Waals surface area contributed by atoms with E-state index in [-0.39, 0.29) is 17.1 Å². The fourth-order valence-electron chi connectivity index (χ4n) is 1.10. The van der Waals surface area contributed by atoms with Crippen molar-refractivity contribution in [2.24, 2.45) is 0 Å². The molecule has 1 nitrogen and oxygen atoms in total. The molecule has 20 heavy (non-hydrogen) atoms. The van der Waals surface area contributed by atoms with Crippen LogP contribution in [0.2, 0.25) is 0 Å². The molecule has 0 saturated carbocycles. The molecule has 0 aromatic heterocycles. The van der Waals surface area contributed by atoms with Gasteiger partial charge in [-0.3, -0.25) is 0 Å². The Morgan fingerprint density at radius 1 is 1.10 bits per heavy atom. The van der Waals surface area contributed by atoms with Gasteiger partial charge in [0.2, 0.25) is 0 Å². The van der Waals surface area contributed by atoms with Crippen molar-refractivity contribution in [2.45, 2.75) is 43.8 Å². The molecule has 2 rings (SSSR count). The molecule has 0 bridgehead atoms. The number of rotatable bonds is 2. The van der Waals surface area contributed by atoms with Gasteiger partial charge in [0, 0.05) is 11.4 Å². The summed E-state index contributed by atoms with van der Waals surface area (Å²) in [5, 5.41) is 7.88. The van der Waals surface area contributed by atoms with Gasteiger partial charge in [-0.1, -0.05) is 27.7 Å². The first kappa shape index (κ1) is 21.8. The minimum atomic E-state index is 0. The van der Waals surface area contributed by atoms with E-state index in [1.54, 1.807) is 0 Å². The predicted molar refractivity (Wildman–Crippen MR) is 87.1 cm³/mol. The van der Waals surface area contributed by atoms with Crippen LogP contribution in [-0.2, 0) is 17.1 Å². The van der Waals surface area contributed by atoms with Crippen LogP contribution in [0.3, 0.4) is 0 Å². The van der Waals surface area contributed by atoms with Crippen LogP contribution in [-0.4, -0.2) is 16.5 Å². The summed E-state index contributed by atoms with van der Waals surface area (Å²) in [4.78, 5) is 1.37. The van der Waals surface area contributed by atoms with Gasteiger partial charge < -0.3 is 5.11 Å². The first-order chi connectivity index (χ1) is 8.99. The molecule has 0 radical (unpaired) electrons. The summed E-state index contributed by atoms with van der Waals surface area (Å²) in [6, 6.07) is 18.5. The molecule has 0 aliphatic heterocycles. The Bertz CT molecular complexity index is 341. The topological polar surface area (TPSA) is 20.2 Å². The standard InChI is InChI=1S/C9H13S.C5H5.C3H8O.Fe/c1-9(2,3)10-8-6-4-5-7-8;1-2-4-5-3-1;1-2-3-4;/h4-7H,1-3H3;1-5H;4H,2-3H2,1H3;/q2*-1;;+2. The fourth-order valence-corrected chi connectivity index (χ4v) is 2.10. The van der Waals surface area contributed by atoms with Gasteiger partial charge in [0.15, 0.2) is 0 Å². The van der Waals surface area contributed by atoms with E-state index < -0.39 is 0 Å². The van der Waals surface area contributed by atoms with Crippen molar-refractivity contribution in [3.63, 3.8) is 0 Å². The monoisotopic (exact) mass is 334 g/mol. The maximum atomic E-state index is 7.88. The molecule has 0 aliphatic carbocycles. The van der Waals surface area contributed by atoms with Gasteiger partial charge in [0.05, 0.1) is 0 Å². The zero-order chi connectivity index (χ0) is 14.6. The number of hydrogen-bond acceptors (Lipinski definition) is 2. The molecule has 0 spiro atoms. The molecule has 0 atom stereocenters. The van der Waals surface area contributed by atoms with Crippen molar-refractivity contribution in [3.8, 4) is 0 Å². The molecule has 2 aromatic rings. The van der Waals surface area contributed by atoms with Crippen molar-refractivity contribution < 1.29 is 22.2 Å². The zero-order valence-electron chi connectivity index (χ0n) is 12.8. The van der Waals surface area contributed by atoms with E-state index >= 15 is 0 Å². The molecule has 0 amide bonds. The van der Waals surface area contributed by atoms with Crippen LogP contribution < -0.4 is 0 Å². The first-order valence-electron chi connectivity index (χ1n) is 6.68. The van der Waals surface area contributed by atoms with Gasteiger partial charge in [-0.2, -0.15) is 30.3 Å². The summed E-state index contributed by atoms with van der Waals surface area (Å²) in [6.45, 7) is 8.93. The Kier molecular flexibility index (Phi) is 14.7. The van der Waals surface area contributed by atoms with Crippen LogP contribution >= 0.6 is 11.8 Å². The third-order valence-corrected chi connectivity index (χ3v) is 2.96. The van der Waals surface area contributed by atoms with Crippen LogP contribution in [0.4, 0.5) is 0 Å². The van der Waals surface area contributed by atoms with Crippen LogP contribution in [0, 0.1) is 0 Å². The van der Waals surface area contributed by atoms with Gasteiger partial charge in [0.1, 0.15) is 0 Å². The van der Waals surface area contributed by atoms with Gasteiger partial charge in [0.25, 0.3) is 0 Å². The largest absolute Gasteiger partial charge is 2.00 e. The summed E-state index contributed by atoms with van der Waals surface area (Å²) in [5.74, 6) is 0. The number of aliphatic hydroxyl groups excluding tert-OH is 1. The molecule has 2 aromatic carbocycles. The fraction of sp³-hybridized carbons (Fsp3) is 0.412. The quantitative estimate of drug-likeness (QED) is 0.469. The van der Waals surface area contributed by atoms with Crippen LogP contribution in [0.1, 0.15) is 34.1 Å². The van der Waals surface area contributed by atoms with Gasteiger partial charge in [-0.15, -0.1) is 16.7 Å². The van der Waals surface area contributed by atoms with Crippen LogP contribution in [0.25, 0.3) is 0 Å². The Labute approximate surface area is 139 Å². The Morgan fingerprint density at radius 2 is 1.65 bits per heavy atom. The normalized spacial score (nSPS) is 9.45. The Morgan fingerprint density at radius 3 is 1.90 bits per heavy atom. The summed E-state index contributed by atoms with van der Waals surface area (Å²) < 4.78 is 0.342. The van der Waals surface area contributed by atoms with E-state index in [9.17, 15) is 0 Å². The second kappa shape index (κ2) is 13.5. The summed E-state index contributed by atoms with van der Waals surface area (Å²) in [6.07, 6.45) is 0.875. The SMILES string of the molecule is CC(C)(C)Sc1ccc[cH-]1.CCCO.[Fe+2].c1cc[cH-]c1. The average Bonchev–Trinajstić information content (AvgIpc) is 3.01. The van der Waals surface area contributed by atoms with Crippen molar-refractivity contribution in [2.75, 3.05) is 6.61 Å². The molecule has 0 aliphatic rings. The van der Waals surface area contributed by atoms with Crippen molar-refractivity contribution in [1.29, 1.82) is 0 Å². The van der Waals surface area contributed by atoms with E-state index in [0.29, 0.717) is 11.4 Å². The van der Waals surface area contributed by atoms with E-state index in [1.807, 2.05) is 49.0 Å². The van der Waals surface area contributed by atoms with E-state index in [0.717, 1.165) is 6.42 Å². The second-order valence-corrected chi connectivity index (χ2v) is 6.92. The number of thioether (sulfide) groups is 1. The predicted octanol–water partition coefficient (Wildman–Crippen LogP) is 5.09. The van der Waals surface area contributed by atoms with E-state index in [2.05, 4.69) is 45.0 Å².